The van der Waals surface area contributed by atoms with Crippen molar-refractivity contribution in [3.63, 3.8) is 0 Å². The number of hydrogen-bond donors (Lipinski definition) is 2. The lowest BCUT2D eigenvalue weighted by atomic mass is 10.1. The summed E-state index contributed by atoms with van der Waals surface area (Å²) in [6.45, 7) is 1.44. The molecular weight excluding hydrogens is 296 g/mol. The predicted octanol–water partition coefficient (Wildman–Crippen LogP) is 2.22. The van der Waals surface area contributed by atoms with Crippen molar-refractivity contribution in [2.75, 3.05) is 6.61 Å². The van der Waals surface area contributed by atoms with Crippen LogP contribution in [0.1, 0.15) is 21.5 Å². The molecule has 23 heavy (non-hydrogen) atoms. The molecule has 0 aliphatic rings. The minimum atomic E-state index is -1.05. The van der Waals surface area contributed by atoms with E-state index in [0.29, 0.717) is 16.9 Å². The molecule has 0 saturated heterocycles. The number of carbonyl (C=O) groups is 2. The van der Waals surface area contributed by atoms with E-state index < -0.39 is 12.6 Å². The van der Waals surface area contributed by atoms with Gasteiger partial charge in [0.1, 0.15) is 5.75 Å². The van der Waals surface area contributed by atoms with E-state index in [2.05, 4.69) is 10.5 Å². The molecule has 0 bridgehead atoms. The van der Waals surface area contributed by atoms with Gasteiger partial charge in [0.2, 0.25) is 0 Å². The minimum absolute atomic E-state index is 0.294. The third-order valence-corrected chi connectivity index (χ3v) is 2.99. The molecule has 2 N–H and O–H groups in total. The normalized spacial score (nSPS) is 10.5. The molecule has 0 aromatic heterocycles. The Morgan fingerprint density at radius 1 is 1.22 bits per heavy atom. The summed E-state index contributed by atoms with van der Waals surface area (Å²) in [6.07, 6.45) is 1.46. The average Bonchev–Trinajstić information content (AvgIpc) is 2.53. The molecular formula is C17H16N2O4. The molecule has 0 spiro atoms. The number of carbonyl (C=O) groups excluding carboxylic acids is 1. The van der Waals surface area contributed by atoms with Crippen molar-refractivity contribution in [1.82, 2.24) is 5.43 Å². The van der Waals surface area contributed by atoms with Crippen LogP contribution in [0, 0.1) is 6.92 Å². The molecule has 2 rings (SSSR count). The lowest BCUT2D eigenvalue weighted by molar-refractivity contribution is -0.139. The minimum Gasteiger partial charge on any atom is -0.482 e. The fourth-order valence-corrected chi connectivity index (χ4v) is 1.88. The second kappa shape index (κ2) is 7.74. The summed E-state index contributed by atoms with van der Waals surface area (Å²) in [5, 5.41) is 12.5. The van der Waals surface area contributed by atoms with E-state index in [1.54, 1.807) is 36.4 Å². The van der Waals surface area contributed by atoms with Crippen molar-refractivity contribution in [2.24, 2.45) is 5.10 Å². The van der Waals surface area contributed by atoms with Crippen molar-refractivity contribution >= 4 is 18.1 Å². The van der Waals surface area contributed by atoms with Crippen LogP contribution in [0.2, 0.25) is 0 Å². The smallest absolute Gasteiger partial charge is 0.341 e. The fourth-order valence-electron chi connectivity index (χ4n) is 1.88. The molecule has 6 heteroatoms. The highest BCUT2D eigenvalue weighted by molar-refractivity contribution is 5.96. The van der Waals surface area contributed by atoms with Crippen molar-refractivity contribution < 1.29 is 19.4 Å². The number of amides is 1. The zero-order valence-electron chi connectivity index (χ0n) is 12.5. The van der Waals surface area contributed by atoms with Gasteiger partial charge in [-0.25, -0.2) is 10.2 Å². The Hall–Kier alpha value is -3.15. The van der Waals surface area contributed by atoms with E-state index in [1.165, 1.54) is 6.21 Å². The molecule has 0 aliphatic heterocycles. The highest BCUT2D eigenvalue weighted by Gasteiger charge is 2.06. The quantitative estimate of drug-likeness (QED) is 0.632. The molecule has 0 radical (unpaired) electrons. The Balaban J connectivity index is 1.98. The molecule has 6 nitrogen and oxygen atoms in total. The Labute approximate surface area is 133 Å². The van der Waals surface area contributed by atoms with Gasteiger partial charge in [0, 0.05) is 5.56 Å². The topological polar surface area (TPSA) is 88.0 Å². The Bertz CT molecular complexity index is 741. The summed E-state index contributed by atoms with van der Waals surface area (Å²) in [6, 6.07) is 14.0. The first-order chi connectivity index (χ1) is 11.1. The first-order valence-corrected chi connectivity index (χ1v) is 6.90. The Morgan fingerprint density at radius 3 is 2.74 bits per heavy atom. The van der Waals surface area contributed by atoms with Gasteiger partial charge in [-0.3, -0.25) is 4.79 Å². The molecule has 0 unspecified atom stereocenters. The van der Waals surface area contributed by atoms with Crippen molar-refractivity contribution in [3.8, 4) is 5.75 Å². The fraction of sp³-hybridized carbons (Fsp3) is 0.118. The van der Waals surface area contributed by atoms with Crippen molar-refractivity contribution in [2.45, 2.75) is 6.92 Å². The molecule has 2 aromatic rings. The highest BCUT2D eigenvalue weighted by atomic mass is 16.5. The summed E-state index contributed by atoms with van der Waals surface area (Å²) < 4.78 is 5.07. The van der Waals surface area contributed by atoms with Gasteiger partial charge in [-0.15, -0.1) is 0 Å². The average molecular weight is 312 g/mol. The Kier molecular flexibility index (Phi) is 5.46. The summed E-state index contributed by atoms with van der Waals surface area (Å²) in [7, 11) is 0. The monoisotopic (exact) mass is 312 g/mol. The van der Waals surface area contributed by atoms with Crippen LogP contribution < -0.4 is 10.2 Å². The van der Waals surface area contributed by atoms with Gasteiger partial charge in [0.25, 0.3) is 5.91 Å². The van der Waals surface area contributed by atoms with Gasteiger partial charge in [-0.2, -0.15) is 5.10 Å². The van der Waals surface area contributed by atoms with Gasteiger partial charge < -0.3 is 9.84 Å². The van der Waals surface area contributed by atoms with Gasteiger partial charge in [0.15, 0.2) is 6.61 Å². The van der Waals surface area contributed by atoms with Gasteiger partial charge in [-0.1, -0.05) is 30.3 Å². The maximum Gasteiger partial charge on any atom is 0.341 e. The van der Waals surface area contributed by atoms with E-state index >= 15 is 0 Å². The standard InChI is InChI=1S/C17H16N2O4/c1-12-5-2-3-8-15(12)17(22)19-18-10-13-6-4-7-14(9-13)23-11-16(20)21/h2-10H,11H2,1H3,(H,19,22)(H,20,21)/b18-10+. The number of benzene rings is 2. The molecule has 0 saturated carbocycles. The number of nitrogens with zero attached hydrogens (tertiary/aromatic N) is 1. The number of rotatable bonds is 6. The van der Waals surface area contributed by atoms with Crippen molar-refractivity contribution in [3.05, 3.63) is 65.2 Å². The number of aryl methyl sites for hydroxylation is 1. The second-order valence-corrected chi connectivity index (χ2v) is 4.77. The maximum atomic E-state index is 12.0. The van der Waals surface area contributed by atoms with Crippen LogP contribution in [-0.2, 0) is 4.79 Å². The zero-order chi connectivity index (χ0) is 16.7. The first kappa shape index (κ1) is 16.2. The number of hydrazone groups is 1. The lowest BCUT2D eigenvalue weighted by Crippen LogP contribution is -2.18. The third-order valence-electron chi connectivity index (χ3n) is 2.99. The summed E-state index contributed by atoms with van der Waals surface area (Å²) in [5.41, 5.74) is 4.56. The van der Waals surface area contributed by atoms with E-state index in [0.717, 1.165) is 5.56 Å². The van der Waals surface area contributed by atoms with Gasteiger partial charge in [-0.05, 0) is 36.2 Å². The maximum absolute atomic E-state index is 12.0. The van der Waals surface area contributed by atoms with Crippen molar-refractivity contribution in [1.29, 1.82) is 0 Å². The van der Waals surface area contributed by atoms with E-state index in [4.69, 9.17) is 9.84 Å². The zero-order valence-corrected chi connectivity index (χ0v) is 12.5. The van der Waals surface area contributed by atoms with E-state index in [-0.39, 0.29) is 5.91 Å². The van der Waals surface area contributed by atoms with Gasteiger partial charge >= 0.3 is 5.97 Å². The van der Waals surface area contributed by atoms with Gasteiger partial charge in [0.05, 0.1) is 6.21 Å². The van der Waals surface area contributed by atoms with Crippen LogP contribution in [-0.4, -0.2) is 29.8 Å². The third kappa shape index (κ3) is 4.96. The number of hydrogen-bond acceptors (Lipinski definition) is 4. The summed E-state index contributed by atoms with van der Waals surface area (Å²) >= 11 is 0. The van der Waals surface area contributed by atoms with Crippen LogP contribution >= 0.6 is 0 Å². The van der Waals surface area contributed by atoms with Crippen LogP contribution in [0.5, 0.6) is 5.75 Å². The molecule has 2 aromatic carbocycles. The molecule has 118 valence electrons. The molecule has 0 heterocycles. The first-order valence-electron chi connectivity index (χ1n) is 6.90. The van der Waals surface area contributed by atoms with Crippen LogP contribution in [0.25, 0.3) is 0 Å². The van der Waals surface area contributed by atoms with E-state index in [1.807, 2.05) is 19.1 Å². The summed E-state index contributed by atoms with van der Waals surface area (Å²) in [5.74, 6) is -0.922. The summed E-state index contributed by atoms with van der Waals surface area (Å²) in [4.78, 5) is 22.5. The molecule has 0 aliphatic carbocycles. The molecule has 0 atom stereocenters. The number of aliphatic carboxylic acids is 1. The van der Waals surface area contributed by atoms with Crippen LogP contribution in [0.3, 0.4) is 0 Å². The largest absolute Gasteiger partial charge is 0.482 e. The number of carboxylic acids is 1. The number of ether oxygens (including phenoxy) is 1. The second-order valence-electron chi connectivity index (χ2n) is 4.77. The SMILES string of the molecule is Cc1ccccc1C(=O)N/N=C/c1cccc(OCC(=O)O)c1. The van der Waals surface area contributed by atoms with Crippen LogP contribution in [0.4, 0.5) is 0 Å². The highest BCUT2D eigenvalue weighted by Crippen LogP contribution is 2.12. The Morgan fingerprint density at radius 2 is 2.00 bits per heavy atom. The lowest BCUT2D eigenvalue weighted by Gasteiger charge is -2.04. The molecule has 1 amide bonds. The number of nitrogens with one attached hydrogen (secondary N) is 1. The predicted molar refractivity (Wildman–Crippen MR) is 85.8 cm³/mol. The van der Waals surface area contributed by atoms with E-state index in [9.17, 15) is 9.59 Å². The molecule has 0 fully saturated rings. The number of carboxylic acid groups (broad SMARTS) is 1. The van der Waals surface area contributed by atoms with Crippen LogP contribution in [0.15, 0.2) is 53.6 Å².